The number of hydrogen-bond acceptors (Lipinski definition) is 10. The van der Waals surface area contributed by atoms with Crippen molar-refractivity contribution in [1.29, 1.82) is 5.26 Å². The smallest absolute Gasteiger partial charge is 0.189 e. The molecule has 0 radical (unpaired) electrons. The van der Waals surface area contributed by atoms with Gasteiger partial charge in [-0.3, -0.25) is 9.80 Å². The average Bonchev–Trinajstić information content (AvgIpc) is 3.21. The lowest BCUT2D eigenvalue weighted by Gasteiger charge is -2.36. The van der Waals surface area contributed by atoms with Crippen LogP contribution in [0.5, 0.6) is 0 Å². The monoisotopic (exact) mass is 400 g/mol. The predicted molar refractivity (Wildman–Crippen MR) is 108 cm³/mol. The number of nitrogens with one attached hydrogen (secondary N) is 1. The van der Waals surface area contributed by atoms with E-state index < -0.39 is 0 Å². The fraction of sp³-hybridized carbons (Fsp3) is 0.556. The molecule has 0 saturated carbocycles. The standard InChI is InChI=1S/C18H24N8OS/c19-12-15-13-28-18(22-15)23-16-11-17(21-14-20-16)26-5-3-24(4-6-26)1-2-25-7-9-27-10-8-25/h11,13-14H,1-10H2,(H,20,21,22,23). The highest BCUT2D eigenvalue weighted by molar-refractivity contribution is 7.13. The Bertz CT molecular complexity index is 808. The Balaban J connectivity index is 1.27. The number of aromatic nitrogens is 3. The topological polar surface area (TPSA) is 93.4 Å². The first-order chi connectivity index (χ1) is 13.8. The van der Waals surface area contributed by atoms with Crippen molar-refractivity contribution in [1.82, 2.24) is 24.8 Å². The highest BCUT2D eigenvalue weighted by Crippen LogP contribution is 2.22. The minimum atomic E-state index is 0.412. The molecule has 0 unspecified atom stereocenters. The molecule has 4 rings (SSSR count). The van der Waals surface area contributed by atoms with Crippen LogP contribution in [-0.4, -0.2) is 90.3 Å². The second kappa shape index (κ2) is 9.25. The molecule has 2 fully saturated rings. The number of nitriles is 1. The van der Waals surface area contributed by atoms with Gasteiger partial charge in [-0.05, 0) is 0 Å². The predicted octanol–water partition coefficient (Wildman–Crippen LogP) is 1.00. The first-order valence-electron chi connectivity index (χ1n) is 9.52. The number of morpholine rings is 1. The lowest BCUT2D eigenvalue weighted by Crippen LogP contribution is -2.49. The summed E-state index contributed by atoms with van der Waals surface area (Å²) in [6.45, 7) is 10.0. The number of rotatable bonds is 6. The van der Waals surface area contributed by atoms with E-state index in [1.165, 1.54) is 11.3 Å². The molecular weight excluding hydrogens is 376 g/mol. The van der Waals surface area contributed by atoms with Gasteiger partial charge in [0.1, 0.15) is 24.0 Å². The number of nitrogens with zero attached hydrogens (tertiary/aromatic N) is 7. The van der Waals surface area contributed by atoms with Gasteiger partial charge in [0.2, 0.25) is 0 Å². The maximum atomic E-state index is 8.89. The largest absolute Gasteiger partial charge is 0.379 e. The fourth-order valence-electron chi connectivity index (χ4n) is 3.39. The Labute approximate surface area is 168 Å². The van der Waals surface area contributed by atoms with Gasteiger partial charge in [0.25, 0.3) is 0 Å². The SMILES string of the molecule is N#Cc1csc(Nc2cc(N3CCN(CCN4CCOCC4)CC3)ncn2)n1. The molecule has 9 nitrogen and oxygen atoms in total. The third-order valence-electron chi connectivity index (χ3n) is 5.04. The van der Waals surface area contributed by atoms with Gasteiger partial charge in [-0.15, -0.1) is 11.3 Å². The molecule has 4 heterocycles. The fourth-order valence-corrected chi connectivity index (χ4v) is 4.03. The third kappa shape index (κ3) is 4.94. The van der Waals surface area contributed by atoms with Crippen LogP contribution >= 0.6 is 11.3 Å². The summed E-state index contributed by atoms with van der Waals surface area (Å²) in [4.78, 5) is 20.2. The van der Waals surface area contributed by atoms with Crippen LogP contribution in [0, 0.1) is 11.3 Å². The molecule has 2 aromatic heterocycles. The maximum Gasteiger partial charge on any atom is 0.189 e. The summed E-state index contributed by atoms with van der Waals surface area (Å²) in [6.07, 6.45) is 1.57. The third-order valence-corrected chi connectivity index (χ3v) is 5.80. The van der Waals surface area contributed by atoms with Gasteiger partial charge in [0, 0.05) is 63.8 Å². The normalized spacial score (nSPS) is 18.8. The second-order valence-electron chi connectivity index (χ2n) is 6.82. The van der Waals surface area contributed by atoms with Crippen molar-refractivity contribution in [3.8, 4) is 6.07 Å². The van der Waals surface area contributed by atoms with Gasteiger partial charge in [-0.1, -0.05) is 0 Å². The van der Waals surface area contributed by atoms with Crippen LogP contribution < -0.4 is 10.2 Å². The highest BCUT2D eigenvalue weighted by atomic mass is 32.1. The zero-order valence-corrected chi connectivity index (χ0v) is 16.6. The van der Waals surface area contributed by atoms with Gasteiger partial charge in [-0.25, -0.2) is 15.0 Å². The lowest BCUT2D eigenvalue weighted by atomic mass is 10.3. The van der Waals surface area contributed by atoms with Crippen LogP contribution in [0.1, 0.15) is 5.69 Å². The van der Waals surface area contributed by atoms with E-state index in [1.54, 1.807) is 11.7 Å². The molecule has 28 heavy (non-hydrogen) atoms. The molecule has 148 valence electrons. The van der Waals surface area contributed by atoms with Crippen molar-refractivity contribution in [2.45, 2.75) is 0 Å². The maximum absolute atomic E-state index is 8.89. The first-order valence-corrected chi connectivity index (χ1v) is 10.4. The van der Waals surface area contributed by atoms with Crippen molar-refractivity contribution < 1.29 is 4.74 Å². The molecule has 0 aliphatic carbocycles. The Morgan fingerprint density at radius 2 is 1.82 bits per heavy atom. The molecule has 2 aromatic rings. The van der Waals surface area contributed by atoms with Crippen molar-refractivity contribution in [2.24, 2.45) is 0 Å². The summed E-state index contributed by atoms with van der Waals surface area (Å²) in [7, 11) is 0. The first kappa shape index (κ1) is 19.0. The summed E-state index contributed by atoms with van der Waals surface area (Å²) in [5.41, 5.74) is 0.412. The molecule has 2 aliphatic heterocycles. The summed E-state index contributed by atoms with van der Waals surface area (Å²) < 4.78 is 5.41. The molecule has 0 amide bonds. The van der Waals surface area contributed by atoms with Gasteiger partial charge in [0.05, 0.1) is 13.2 Å². The van der Waals surface area contributed by atoms with E-state index in [9.17, 15) is 0 Å². The Hall–Kier alpha value is -2.32. The molecule has 2 saturated heterocycles. The molecule has 0 aromatic carbocycles. The van der Waals surface area contributed by atoms with Crippen molar-refractivity contribution >= 4 is 28.1 Å². The molecule has 0 spiro atoms. The van der Waals surface area contributed by atoms with Crippen LogP contribution in [0.4, 0.5) is 16.8 Å². The summed E-state index contributed by atoms with van der Waals surface area (Å²) in [5.74, 6) is 1.61. The minimum Gasteiger partial charge on any atom is -0.379 e. The van der Waals surface area contributed by atoms with E-state index in [1.807, 2.05) is 12.1 Å². The highest BCUT2D eigenvalue weighted by Gasteiger charge is 2.19. The van der Waals surface area contributed by atoms with E-state index in [-0.39, 0.29) is 0 Å². The van der Waals surface area contributed by atoms with Gasteiger partial charge >= 0.3 is 0 Å². The zero-order valence-electron chi connectivity index (χ0n) is 15.8. The summed E-state index contributed by atoms with van der Waals surface area (Å²) in [6, 6.07) is 3.98. The molecule has 0 bridgehead atoms. The van der Waals surface area contributed by atoms with E-state index in [0.29, 0.717) is 16.6 Å². The molecule has 0 atom stereocenters. The Kier molecular flexibility index (Phi) is 6.28. The number of anilines is 3. The second-order valence-corrected chi connectivity index (χ2v) is 7.68. The molecule has 10 heteroatoms. The summed E-state index contributed by atoms with van der Waals surface area (Å²) >= 11 is 1.39. The van der Waals surface area contributed by atoms with Crippen molar-refractivity contribution in [3.63, 3.8) is 0 Å². The van der Waals surface area contributed by atoms with Crippen LogP contribution in [-0.2, 0) is 4.74 Å². The summed E-state index contributed by atoms with van der Waals surface area (Å²) in [5, 5.41) is 14.4. The van der Waals surface area contributed by atoms with E-state index in [0.717, 1.165) is 71.4 Å². The van der Waals surface area contributed by atoms with Crippen LogP contribution in [0.15, 0.2) is 17.8 Å². The molecule has 1 N–H and O–H groups in total. The van der Waals surface area contributed by atoms with Gasteiger partial charge in [-0.2, -0.15) is 5.26 Å². The number of hydrogen-bond donors (Lipinski definition) is 1. The van der Waals surface area contributed by atoms with Crippen molar-refractivity contribution in [2.75, 3.05) is 75.8 Å². The lowest BCUT2D eigenvalue weighted by molar-refractivity contribution is 0.0331. The Morgan fingerprint density at radius 1 is 1.07 bits per heavy atom. The number of ether oxygens (including phenoxy) is 1. The van der Waals surface area contributed by atoms with E-state index in [2.05, 4.69) is 35.0 Å². The van der Waals surface area contributed by atoms with E-state index >= 15 is 0 Å². The molecular formula is C18H24N8OS. The number of thiazole rings is 1. The quantitative estimate of drug-likeness (QED) is 0.762. The van der Waals surface area contributed by atoms with Crippen molar-refractivity contribution in [3.05, 3.63) is 23.5 Å². The van der Waals surface area contributed by atoms with Crippen LogP contribution in [0.25, 0.3) is 0 Å². The Morgan fingerprint density at radius 3 is 2.54 bits per heavy atom. The van der Waals surface area contributed by atoms with E-state index in [4.69, 9.17) is 10.00 Å². The minimum absolute atomic E-state index is 0.412. The van der Waals surface area contributed by atoms with Crippen LogP contribution in [0.3, 0.4) is 0 Å². The van der Waals surface area contributed by atoms with Gasteiger partial charge < -0.3 is 15.0 Å². The zero-order chi connectivity index (χ0) is 19.2. The van der Waals surface area contributed by atoms with Crippen LogP contribution in [0.2, 0.25) is 0 Å². The average molecular weight is 401 g/mol. The number of piperazine rings is 1. The van der Waals surface area contributed by atoms with Gasteiger partial charge in [0.15, 0.2) is 10.8 Å². The molecule has 2 aliphatic rings.